The molecule has 0 spiro atoms. The van der Waals surface area contributed by atoms with E-state index in [2.05, 4.69) is 45.4 Å². The normalized spacial score (nSPS) is 21.6. The van der Waals surface area contributed by atoms with Crippen LogP contribution in [0.1, 0.15) is 31.2 Å². The maximum absolute atomic E-state index is 13.0. The van der Waals surface area contributed by atoms with Gasteiger partial charge in [0.2, 0.25) is 5.91 Å². The lowest BCUT2D eigenvalue weighted by Gasteiger charge is -2.35. The molecule has 2 fully saturated rings. The maximum Gasteiger partial charge on any atom is 0.238 e. The molecule has 2 aliphatic rings. The first-order valence-electron chi connectivity index (χ1n) is 11.3. The Morgan fingerprint density at radius 3 is 2.34 bits per heavy atom. The summed E-state index contributed by atoms with van der Waals surface area (Å²) in [7, 11) is 3.11. The zero-order valence-corrected chi connectivity index (χ0v) is 19.6. The van der Waals surface area contributed by atoms with Gasteiger partial charge in [-0.15, -0.1) is 0 Å². The summed E-state index contributed by atoms with van der Waals surface area (Å²) in [6, 6.07) is 14.9. The third-order valence-corrected chi connectivity index (χ3v) is 6.89. The van der Waals surface area contributed by atoms with Gasteiger partial charge in [0.1, 0.15) is 11.5 Å². The number of hydrogen-bond donors (Lipinski definition) is 1. The number of carbonyl (C=O) groups is 1. The fraction of sp³-hybridized carbons (Fsp3) is 0.480. The highest BCUT2D eigenvalue weighted by molar-refractivity contribution is 6.32. The Labute approximate surface area is 195 Å². The fourth-order valence-corrected chi connectivity index (χ4v) is 5.35. The quantitative estimate of drug-likeness (QED) is 0.635. The fourth-order valence-electron chi connectivity index (χ4n) is 5.12. The molecule has 2 saturated heterocycles. The van der Waals surface area contributed by atoms with Crippen molar-refractivity contribution in [3.8, 4) is 11.5 Å². The summed E-state index contributed by atoms with van der Waals surface area (Å²) in [5, 5.41) is 3.44. The number of amides is 1. The second-order valence-corrected chi connectivity index (χ2v) is 8.99. The number of benzene rings is 2. The summed E-state index contributed by atoms with van der Waals surface area (Å²) in [6.07, 6.45) is 4.68. The molecule has 32 heavy (non-hydrogen) atoms. The van der Waals surface area contributed by atoms with Crippen molar-refractivity contribution >= 4 is 23.2 Å². The van der Waals surface area contributed by atoms with E-state index < -0.39 is 0 Å². The molecule has 1 N–H and O–H groups in total. The summed E-state index contributed by atoms with van der Waals surface area (Å²) in [6.45, 7) is 3.42. The Hall–Kier alpha value is -2.28. The molecule has 0 saturated carbocycles. The number of anilines is 1. The molecule has 7 heteroatoms. The van der Waals surface area contributed by atoms with E-state index in [9.17, 15) is 4.79 Å². The van der Waals surface area contributed by atoms with Gasteiger partial charge in [-0.1, -0.05) is 41.9 Å². The van der Waals surface area contributed by atoms with Crippen molar-refractivity contribution in [3.63, 3.8) is 0 Å². The molecule has 2 heterocycles. The first-order chi connectivity index (χ1) is 15.6. The van der Waals surface area contributed by atoms with Crippen molar-refractivity contribution in [2.45, 2.75) is 44.3 Å². The first kappa shape index (κ1) is 22.9. The third-order valence-electron chi connectivity index (χ3n) is 6.60. The molecule has 2 aromatic rings. The molecular formula is C25H32ClN3O3. The van der Waals surface area contributed by atoms with Crippen molar-refractivity contribution < 1.29 is 14.3 Å². The zero-order valence-electron chi connectivity index (χ0n) is 18.9. The number of likely N-dealkylation sites (tertiary alicyclic amines) is 2. The van der Waals surface area contributed by atoms with E-state index in [4.69, 9.17) is 21.1 Å². The summed E-state index contributed by atoms with van der Waals surface area (Å²) in [4.78, 5) is 17.9. The summed E-state index contributed by atoms with van der Waals surface area (Å²) >= 11 is 6.19. The topological polar surface area (TPSA) is 54.0 Å². The second kappa shape index (κ2) is 10.6. The number of nitrogens with zero attached hydrogens (tertiary/aromatic N) is 2. The minimum Gasteiger partial charge on any atom is -0.495 e. The van der Waals surface area contributed by atoms with Gasteiger partial charge in [0.15, 0.2) is 0 Å². The zero-order chi connectivity index (χ0) is 22.5. The van der Waals surface area contributed by atoms with Gasteiger partial charge in [0.05, 0.1) is 31.5 Å². The molecule has 2 aliphatic heterocycles. The minimum atomic E-state index is -0.0489. The summed E-state index contributed by atoms with van der Waals surface area (Å²) in [5.41, 5.74) is 1.92. The monoisotopic (exact) mass is 457 g/mol. The van der Waals surface area contributed by atoms with E-state index in [-0.39, 0.29) is 5.91 Å². The number of hydrogen-bond acceptors (Lipinski definition) is 5. The van der Waals surface area contributed by atoms with Gasteiger partial charge >= 0.3 is 0 Å². The van der Waals surface area contributed by atoms with E-state index in [0.29, 0.717) is 40.8 Å². The van der Waals surface area contributed by atoms with Crippen LogP contribution in [0, 0.1) is 0 Å². The number of methoxy groups -OCH3 is 2. The predicted molar refractivity (Wildman–Crippen MR) is 128 cm³/mol. The largest absolute Gasteiger partial charge is 0.495 e. The van der Waals surface area contributed by atoms with Gasteiger partial charge < -0.3 is 14.8 Å². The van der Waals surface area contributed by atoms with Crippen LogP contribution in [0.15, 0.2) is 42.5 Å². The lowest BCUT2D eigenvalue weighted by Crippen LogP contribution is -2.48. The number of nitrogens with one attached hydrogen (secondary N) is 1. The summed E-state index contributed by atoms with van der Waals surface area (Å²) < 4.78 is 10.7. The van der Waals surface area contributed by atoms with Crippen LogP contribution in [0.25, 0.3) is 0 Å². The van der Waals surface area contributed by atoms with Crippen molar-refractivity contribution in [1.29, 1.82) is 0 Å². The van der Waals surface area contributed by atoms with E-state index in [1.807, 2.05) is 0 Å². The molecule has 172 valence electrons. The van der Waals surface area contributed by atoms with Crippen LogP contribution in [-0.2, 0) is 11.3 Å². The Balaban J connectivity index is 1.41. The van der Waals surface area contributed by atoms with Crippen LogP contribution in [0.4, 0.5) is 5.69 Å². The predicted octanol–water partition coefficient (Wildman–Crippen LogP) is 4.42. The molecule has 0 aliphatic carbocycles. The lowest BCUT2D eigenvalue weighted by atomic mass is 10.0. The Kier molecular flexibility index (Phi) is 7.55. The SMILES string of the molecule is COc1cc(NC(=O)CN2CCC[C@H]2[C@H]2CCCN2Cc2ccccc2)c(OC)cc1Cl. The lowest BCUT2D eigenvalue weighted by molar-refractivity contribution is -0.117. The van der Waals surface area contributed by atoms with Crippen molar-refractivity contribution in [3.05, 3.63) is 53.1 Å². The third kappa shape index (κ3) is 5.20. The number of rotatable bonds is 8. The molecule has 0 unspecified atom stereocenters. The molecule has 0 radical (unpaired) electrons. The van der Waals surface area contributed by atoms with E-state index in [1.165, 1.54) is 18.4 Å². The average molecular weight is 458 g/mol. The second-order valence-electron chi connectivity index (χ2n) is 8.58. The van der Waals surface area contributed by atoms with Crippen molar-refractivity contribution in [2.24, 2.45) is 0 Å². The smallest absolute Gasteiger partial charge is 0.238 e. The molecule has 4 rings (SSSR count). The van der Waals surface area contributed by atoms with Gasteiger partial charge in [-0.05, 0) is 44.3 Å². The minimum absolute atomic E-state index is 0.0489. The number of ether oxygens (including phenoxy) is 2. The maximum atomic E-state index is 13.0. The van der Waals surface area contributed by atoms with Gasteiger partial charge in [-0.2, -0.15) is 0 Å². The van der Waals surface area contributed by atoms with Crippen LogP contribution in [0.5, 0.6) is 11.5 Å². The highest BCUT2D eigenvalue weighted by Crippen LogP contribution is 2.36. The Morgan fingerprint density at radius 1 is 1.00 bits per heavy atom. The number of carbonyl (C=O) groups excluding carboxylic acids is 1. The Bertz CT molecular complexity index is 924. The van der Waals surface area contributed by atoms with Crippen molar-refractivity contribution in [1.82, 2.24) is 9.80 Å². The van der Waals surface area contributed by atoms with Gasteiger partial charge in [0.25, 0.3) is 0 Å². The van der Waals surface area contributed by atoms with Gasteiger partial charge in [0, 0.05) is 30.8 Å². The van der Waals surface area contributed by atoms with E-state index in [1.54, 1.807) is 26.4 Å². The molecule has 2 atom stereocenters. The van der Waals surface area contributed by atoms with Crippen LogP contribution in [-0.4, -0.2) is 61.6 Å². The molecule has 1 amide bonds. The standard InChI is InChI=1S/C25H32ClN3O3/c1-31-23-15-20(24(32-2)14-19(23)26)27-25(30)17-29-13-7-11-22(29)21-10-6-12-28(21)16-18-8-4-3-5-9-18/h3-5,8-9,14-15,21-22H,6-7,10-13,16-17H2,1-2H3,(H,27,30)/t21-,22+/m1/s1. The van der Waals surface area contributed by atoms with Crippen LogP contribution in [0.2, 0.25) is 5.02 Å². The Morgan fingerprint density at radius 2 is 1.66 bits per heavy atom. The molecule has 6 nitrogen and oxygen atoms in total. The van der Waals surface area contributed by atoms with E-state index in [0.717, 1.165) is 32.5 Å². The van der Waals surface area contributed by atoms with Crippen LogP contribution < -0.4 is 14.8 Å². The van der Waals surface area contributed by atoms with Gasteiger partial charge in [-0.3, -0.25) is 14.6 Å². The van der Waals surface area contributed by atoms with E-state index >= 15 is 0 Å². The number of halogens is 1. The molecular weight excluding hydrogens is 426 g/mol. The average Bonchev–Trinajstić information content (AvgIpc) is 3.44. The highest BCUT2D eigenvalue weighted by Gasteiger charge is 2.38. The van der Waals surface area contributed by atoms with Crippen LogP contribution in [0.3, 0.4) is 0 Å². The molecule has 0 aromatic heterocycles. The van der Waals surface area contributed by atoms with Crippen LogP contribution >= 0.6 is 11.6 Å². The molecule has 2 aromatic carbocycles. The van der Waals surface area contributed by atoms with Gasteiger partial charge in [-0.25, -0.2) is 0 Å². The van der Waals surface area contributed by atoms with Crippen molar-refractivity contribution in [2.75, 3.05) is 39.2 Å². The highest BCUT2D eigenvalue weighted by atomic mass is 35.5. The first-order valence-corrected chi connectivity index (χ1v) is 11.7. The summed E-state index contributed by atoms with van der Waals surface area (Å²) in [5.74, 6) is 0.975. The molecule has 0 bridgehead atoms.